The Labute approximate surface area is 94.1 Å². The summed E-state index contributed by atoms with van der Waals surface area (Å²) in [6.07, 6.45) is 1.42. The quantitative estimate of drug-likeness (QED) is 0.852. The van der Waals surface area contributed by atoms with Crippen LogP contribution in [-0.2, 0) is 13.2 Å². The fourth-order valence-electron chi connectivity index (χ4n) is 1.38. The smallest absolute Gasteiger partial charge is 0.181 e. The maximum atomic E-state index is 5.60. The molecule has 2 rings (SSSR count). The fourth-order valence-corrected chi connectivity index (χ4v) is 1.38. The molecule has 0 aliphatic heterocycles. The first-order chi connectivity index (χ1) is 7.79. The Morgan fingerprint density at radius 1 is 1.44 bits per heavy atom. The number of hydrogen-bond donors (Lipinski definition) is 1. The normalized spacial score (nSPS) is 10.4. The summed E-state index contributed by atoms with van der Waals surface area (Å²) in [5.74, 6) is 1.58. The molecule has 0 aliphatic carbocycles. The number of rotatable bonds is 4. The molecule has 2 aromatic rings. The average Bonchev–Trinajstić information content (AvgIpc) is 2.72. The first-order valence-electron chi connectivity index (χ1n) is 5.10. The summed E-state index contributed by atoms with van der Waals surface area (Å²) in [6, 6.07) is 7.71. The molecule has 0 fully saturated rings. The van der Waals surface area contributed by atoms with Crippen molar-refractivity contribution in [1.29, 1.82) is 0 Å². The van der Waals surface area contributed by atoms with Gasteiger partial charge in [-0.25, -0.2) is 4.98 Å². The van der Waals surface area contributed by atoms with Crippen LogP contribution in [0.15, 0.2) is 35.1 Å². The highest BCUT2D eigenvalue weighted by Crippen LogP contribution is 2.15. The van der Waals surface area contributed by atoms with E-state index >= 15 is 0 Å². The number of aryl methyl sites for hydroxylation is 1. The molecule has 2 N–H and O–H groups in total. The Bertz CT molecular complexity index is 466. The van der Waals surface area contributed by atoms with Gasteiger partial charge in [-0.05, 0) is 24.6 Å². The van der Waals surface area contributed by atoms with Crippen molar-refractivity contribution in [2.24, 2.45) is 5.73 Å². The molecule has 0 amide bonds. The molecule has 4 nitrogen and oxygen atoms in total. The van der Waals surface area contributed by atoms with Crippen molar-refractivity contribution in [3.8, 4) is 5.75 Å². The standard InChI is InChI=1S/C12H14N2O2/c1-9-12(14-8-16-9)7-15-11-4-2-3-10(5-11)6-13/h2-5,8H,6-7,13H2,1H3. The van der Waals surface area contributed by atoms with Crippen molar-refractivity contribution < 1.29 is 9.15 Å². The van der Waals surface area contributed by atoms with Crippen LogP contribution in [0, 0.1) is 6.92 Å². The molecule has 0 radical (unpaired) electrons. The van der Waals surface area contributed by atoms with Gasteiger partial charge < -0.3 is 14.9 Å². The number of ether oxygens (including phenoxy) is 1. The minimum Gasteiger partial charge on any atom is -0.487 e. The topological polar surface area (TPSA) is 61.3 Å². The molecule has 16 heavy (non-hydrogen) atoms. The summed E-state index contributed by atoms with van der Waals surface area (Å²) in [4.78, 5) is 4.06. The third kappa shape index (κ3) is 2.41. The Balaban J connectivity index is 2.02. The third-order valence-corrected chi connectivity index (χ3v) is 2.35. The number of benzene rings is 1. The van der Waals surface area contributed by atoms with E-state index in [4.69, 9.17) is 14.9 Å². The predicted molar refractivity (Wildman–Crippen MR) is 59.9 cm³/mol. The molecule has 1 aromatic heterocycles. The van der Waals surface area contributed by atoms with Crippen molar-refractivity contribution in [2.75, 3.05) is 0 Å². The van der Waals surface area contributed by atoms with Crippen molar-refractivity contribution in [3.05, 3.63) is 47.7 Å². The number of oxazole rings is 1. The summed E-state index contributed by atoms with van der Waals surface area (Å²) in [7, 11) is 0. The molecule has 1 heterocycles. The highest BCUT2D eigenvalue weighted by atomic mass is 16.5. The number of nitrogens with zero attached hydrogens (tertiary/aromatic N) is 1. The maximum absolute atomic E-state index is 5.60. The predicted octanol–water partition coefficient (Wildman–Crippen LogP) is 2.02. The molecule has 0 atom stereocenters. The summed E-state index contributed by atoms with van der Waals surface area (Å²) in [5.41, 5.74) is 7.42. The van der Waals surface area contributed by atoms with Gasteiger partial charge in [-0.2, -0.15) is 0 Å². The maximum Gasteiger partial charge on any atom is 0.181 e. The van der Waals surface area contributed by atoms with Crippen molar-refractivity contribution in [2.45, 2.75) is 20.1 Å². The molecule has 0 bridgehead atoms. The highest BCUT2D eigenvalue weighted by molar-refractivity contribution is 5.28. The summed E-state index contributed by atoms with van der Waals surface area (Å²) < 4.78 is 10.7. The molecular weight excluding hydrogens is 204 g/mol. The second kappa shape index (κ2) is 4.81. The first-order valence-corrected chi connectivity index (χ1v) is 5.10. The van der Waals surface area contributed by atoms with Gasteiger partial charge in [0.1, 0.15) is 23.8 Å². The van der Waals surface area contributed by atoms with Crippen LogP contribution >= 0.6 is 0 Å². The van der Waals surface area contributed by atoms with E-state index < -0.39 is 0 Å². The lowest BCUT2D eigenvalue weighted by atomic mass is 10.2. The Hall–Kier alpha value is -1.81. The number of aromatic nitrogens is 1. The van der Waals surface area contributed by atoms with Crippen LogP contribution in [0.25, 0.3) is 0 Å². The lowest BCUT2D eigenvalue weighted by Gasteiger charge is -2.05. The van der Waals surface area contributed by atoms with E-state index in [1.165, 1.54) is 6.39 Å². The Morgan fingerprint density at radius 3 is 3.00 bits per heavy atom. The zero-order chi connectivity index (χ0) is 11.4. The van der Waals surface area contributed by atoms with E-state index in [0.717, 1.165) is 22.8 Å². The lowest BCUT2D eigenvalue weighted by Crippen LogP contribution is -1.99. The molecule has 0 saturated carbocycles. The van der Waals surface area contributed by atoms with Crippen LogP contribution in [0.5, 0.6) is 5.75 Å². The zero-order valence-corrected chi connectivity index (χ0v) is 9.14. The van der Waals surface area contributed by atoms with E-state index in [2.05, 4.69) is 4.98 Å². The molecule has 84 valence electrons. The minimum absolute atomic E-state index is 0.413. The third-order valence-electron chi connectivity index (χ3n) is 2.35. The lowest BCUT2D eigenvalue weighted by molar-refractivity contribution is 0.299. The van der Waals surface area contributed by atoms with E-state index in [1.807, 2.05) is 31.2 Å². The van der Waals surface area contributed by atoms with Crippen molar-refractivity contribution in [3.63, 3.8) is 0 Å². The van der Waals surface area contributed by atoms with Gasteiger partial charge in [-0.15, -0.1) is 0 Å². The van der Waals surface area contributed by atoms with Gasteiger partial charge in [-0.1, -0.05) is 12.1 Å². The Kier molecular flexibility index (Phi) is 3.22. The van der Waals surface area contributed by atoms with Crippen LogP contribution < -0.4 is 10.5 Å². The van der Waals surface area contributed by atoms with Crippen LogP contribution in [-0.4, -0.2) is 4.98 Å². The van der Waals surface area contributed by atoms with E-state index in [-0.39, 0.29) is 0 Å². The molecule has 4 heteroatoms. The highest BCUT2D eigenvalue weighted by Gasteiger charge is 2.04. The fraction of sp³-hybridized carbons (Fsp3) is 0.250. The van der Waals surface area contributed by atoms with Crippen molar-refractivity contribution >= 4 is 0 Å². The van der Waals surface area contributed by atoms with Gasteiger partial charge >= 0.3 is 0 Å². The number of nitrogens with two attached hydrogens (primary N) is 1. The molecule has 0 spiro atoms. The van der Waals surface area contributed by atoms with Crippen LogP contribution in [0.2, 0.25) is 0 Å². The summed E-state index contributed by atoms with van der Waals surface area (Å²) in [6.45, 7) is 2.79. The molecular formula is C12H14N2O2. The zero-order valence-electron chi connectivity index (χ0n) is 9.14. The van der Waals surface area contributed by atoms with Crippen LogP contribution in [0.1, 0.15) is 17.0 Å². The largest absolute Gasteiger partial charge is 0.487 e. The first kappa shape index (κ1) is 10.7. The number of hydrogen-bond acceptors (Lipinski definition) is 4. The van der Waals surface area contributed by atoms with Crippen LogP contribution in [0.3, 0.4) is 0 Å². The van der Waals surface area contributed by atoms with E-state index in [9.17, 15) is 0 Å². The van der Waals surface area contributed by atoms with E-state index in [0.29, 0.717) is 13.2 Å². The van der Waals surface area contributed by atoms with Gasteiger partial charge in [0.2, 0.25) is 0 Å². The Morgan fingerprint density at radius 2 is 2.31 bits per heavy atom. The minimum atomic E-state index is 0.413. The molecule has 0 saturated heterocycles. The van der Waals surface area contributed by atoms with Gasteiger partial charge in [0, 0.05) is 6.54 Å². The van der Waals surface area contributed by atoms with Gasteiger partial charge in [0.15, 0.2) is 6.39 Å². The second-order valence-corrected chi connectivity index (χ2v) is 3.50. The van der Waals surface area contributed by atoms with Crippen molar-refractivity contribution in [1.82, 2.24) is 4.98 Å². The average molecular weight is 218 g/mol. The second-order valence-electron chi connectivity index (χ2n) is 3.50. The molecule has 1 aromatic carbocycles. The molecule has 0 aliphatic rings. The van der Waals surface area contributed by atoms with Gasteiger partial charge in [0.25, 0.3) is 0 Å². The SMILES string of the molecule is Cc1ocnc1COc1cccc(CN)c1. The van der Waals surface area contributed by atoms with E-state index in [1.54, 1.807) is 0 Å². The van der Waals surface area contributed by atoms with Gasteiger partial charge in [-0.3, -0.25) is 0 Å². The molecule has 0 unspecified atom stereocenters. The summed E-state index contributed by atoms with van der Waals surface area (Å²) in [5, 5.41) is 0. The van der Waals surface area contributed by atoms with Gasteiger partial charge in [0.05, 0.1) is 0 Å². The summed E-state index contributed by atoms with van der Waals surface area (Å²) >= 11 is 0. The monoisotopic (exact) mass is 218 g/mol. The van der Waals surface area contributed by atoms with Crippen LogP contribution in [0.4, 0.5) is 0 Å².